The minimum atomic E-state index is -4.43. The second kappa shape index (κ2) is 5.66. The SMILES string of the molecule is COc1nc(Oc2cccc(C(F)(F)F)c2)ncc1Br. The molecule has 2 rings (SSSR count). The first-order valence-electron chi connectivity index (χ1n) is 5.32. The van der Waals surface area contributed by atoms with E-state index in [9.17, 15) is 13.2 Å². The number of hydrogen-bond acceptors (Lipinski definition) is 4. The quantitative estimate of drug-likeness (QED) is 0.838. The van der Waals surface area contributed by atoms with Crippen LogP contribution in [0.1, 0.15) is 5.56 Å². The van der Waals surface area contributed by atoms with Crippen LogP contribution >= 0.6 is 15.9 Å². The first-order valence-corrected chi connectivity index (χ1v) is 6.11. The third-order valence-electron chi connectivity index (χ3n) is 2.25. The molecule has 0 radical (unpaired) electrons. The van der Waals surface area contributed by atoms with E-state index in [0.717, 1.165) is 12.1 Å². The molecule has 0 unspecified atom stereocenters. The molecule has 0 bridgehead atoms. The molecule has 0 aliphatic heterocycles. The van der Waals surface area contributed by atoms with E-state index < -0.39 is 11.7 Å². The molecule has 8 heteroatoms. The molecule has 0 fully saturated rings. The van der Waals surface area contributed by atoms with Gasteiger partial charge >= 0.3 is 12.2 Å². The Hall–Kier alpha value is -1.83. The fourth-order valence-corrected chi connectivity index (χ4v) is 1.72. The van der Waals surface area contributed by atoms with Gasteiger partial charge in [0.25, 0.3) is 0 Å². The largest absolute Gasteiger partial charge is 0.480 e. The predicted octanol–water partition coefficient (Wildman–Crippen LogP) is 4.06. The molecule has 1 aromatic heterocycles. The van der Waals surface area contributed by atoms with Crippen molar-refractivity contribution in [2.24, 2.45) is 0 Å². The van der Waals surface area contributed by atoms with Gasteiger partial charge in [-0.25, -0.2) is 4.98 Å². The number of alkyl halides is 3. The highest BCUT2D eigenvalue weighted by Crippen LogP contribution is 2.32. The second-order valence-corrected chi connectivity index (χ2v) is 4.49. The van der Waals surface area contributed by atoms with Gasteiger partial charge in [0.2, 0.25) is 5.88 Å². The third kappa shape index (κ3) is 3.38. The fraction of sp³-hybridized carbons (Fsp3) is 0.167. The van der Waals surface area contributed by atoms with Gasteiger partial charge in [-0.15, -0.1) is 0 Å². The molecular formula is C12H8BrF3N2O2. The van der Waals surface area contributed by atoms with Crippen molar-refractivity contribution in [2.45, 2.75) is 6.18 Å². The van der Waals surface area contributed by atoms with Crippen LogP contribution < -0.4 is 9.47 Å². The molecular weight excluding hydrogens is 341 g/mol. The Bertz CT molecular complexity index is 620. The first-order chi connectivity index (χ1) is 9.40. The van der Waals surface area contributed by atoms with E-state index in [0.29, 0.717) is 4.47 Å². The number of hydrogen-bond donors (Lipinski definition) is 0. The molecule has 2 aromatic rings. The van der Waals surface area contributed by atoms with E-state index in [1.807, 2.05) is 0 Å². The summed E-state index contributed by atoms with van der Waals surface area (Å²) in [5, 5.41) is 0. The Kier molecular flexibility index (Phi) is 4.12. The van der Waals surface area contributed by atoms with Gasteiger partial charge in [0.05, 0.1) is 23.3 Å². The lowest BCUT2D eigenvalue weighted by molar-refractivity contribution is -0.137. The maximum atomic E-state index is 12.6. The Balaban J connectivity index is 2.26. The summed E-state index contributed by atoms with van der Waals surface area (Å²) in [5.74, 6) is 0.214. The van der Waals surface area contributed by atoms with E-state index in [4.69, 9.17) is 9.47 Å². The topological polar surface area (TPSA) is 44.2 Å². The summed E-state index contributed by atoms with van der Waals surface area (Å²) in [5.41, 5.74) is -0.806. The molecule has 0 amide bonds. The summed E-state index contributed by atoms with van der Waals surface area (Å²) in [7, 11) is 1.40. The predicted molar refractivity (Wildman–Crippen MR) is 67.8 cm³/mol. The highest BCUT2D eigenvalue weighted by Gasteiger charge is 2.30. The van der Waals surface area contributed by atoms with Crippen molar-refractivity contribution in [1.29, 1.82) is 0 Å². The van der Waals surface area contributed by atoms with E-state index in [-0.39, 0.29) is 17.6 Å². The van der Waals surface area contributed by atoms with Gasteiger partial charge in [0, 0.05) is 0 Å². The minimum absolute atomic E-state index is 0.01000. The van der Waals surface area contributed by atoms with E-state index in [1.165, 1.54) is 25.4 Å². The lowest BCUT2D eigenvalue weighted by atomic mass is 10.2. The third-order valence-corrected chi connectivity index (χ3v) is 2.80. The number of nitrogens with zero attached hydrogens (tertiary/aromatic N) is 2. The van der Waals surface area contributed by atoms with Crippen LogP contribution in [-0.2, 0) is 6.18 Å². The molecule has 4 nitrogen and oxygen atoms in total. The number of ether oxygens (including phenoxy) is 2. The van der Waals surface area contributed by atoms with Crippen LogP contribution in [0.2, 0.25) is 0 Å². The van der Waals surface area contributed by atoms with Crippen LogP contribution in [0, 0.1) is 0 Å². The van der Waals surface area contributed by atoms with Gasteiger partial charge in [-0.1, -0.05) is 6.07 Å². The normalized spacial score (nSPS) is 11.2. The van der Waals surface area contributed by atoms with Gasteiger partial charge < -0.3 is 9.47 Å². The molecule has 0 spiro atoms. The molecule has 106 valence electrons. The van der Waals surface area contributed by atoms with Crippen LogP contribution in [0.25, 0.3) is 0 Å². The van der Waals surface area contributed by atoms with Crippen molar-refractivity contribution in [1.82, 2.24) is 9.97 Å². The van der Waals surface area contributed by atoms with Gasteiger partial charge in [-0.2, -0.15) is 18.2 Å². The second-order valence-electron chi connectivity index (χ2n) is 3.64. The van der Waals surface area contributed by atoms with Gasteiger partial charge in [-0.05, 0) is 34.1 Å². The van der Waals surface area contributed by atoms with Crippen LogP contribution in [0.3, 0.4) is 0 Å². The van der Waals surface area contributed by atoms with E-state index >= 15 is 0 Å². The average Bonchev–Trinajstić information content (AvgIpc) is 2.40. The zero-order chi connectivity index (χ0) is 14.8. The van der Waals surface area contributed by atoms with Crippen molar-refractivity contribution in [3.05, 3.63) is 40.5 Å². The number of methoxy groups -OCH3 is 1. The van der Waals surface area contributed by atoms with E-state index in [2.05, 4.69) is 25.9 Å². The van der Waals surface area contributed by atoms with Crippen molar-refractivity contribution < 1.29 is 22.6 Å². The zero-order valence-electron chi connectivity index (χ0n) is 10.1. The lowest BCUT2D eigenvalue weighted by Gasteiger charge is -2.09. The maximum Gasteiger partial charge on any atom is 0.416 e. The van der Waals surface area contributed by atoms with Crippen molar-refractivity contribution in [3.8, 4) is 17.6 Å². The highest BCUT2D eigenvalue weighted by molar-refractivity contribution is 9.10. The number of aromatic nitrogens is 2. The van der Waals surface area contributed by atoms with Crippen LogP contribution in [0.15, 0.2) is 34.9 Å². The summed E-state index contributed by atoms with van der Waals surface area (Å²) in [6, 6.07) is 4.35. The molecule has 0 atom stereocenters. The molecule has 20 heavy (non-hydrogen) atoms. The van der Waals surface area contributed by atoms with Crippen LogP contribution in [-0.4, -0.2) is 17.1 Å². The Labute approximate surface area is 120 Å². The number of halogens is 4. The smallest absolute Gasteiger partial charge is 0.416 e. The van der Waals surface area contributed by atoms with Crippen LogP contribution in [0.4, 0.5) is 13.2 Å². The van der Waals surface area contributed by atoms with Crippen LogP contribution in [0.5, 0.6) is 17.6 Å². The summed E-state index contributed by atoms with van der Waals surface area (Å²) < 4.78 is 48.3. The summed E-state index contributed by atoms with van der Waals surface area (Å²) in [6.07, 6.45) is -3.05. The molecule has 0 aliphatic rings. The van der Waals surface area contributed by atoms with Crippen molar-refractivity contribution in [2.75, 3.05) is 7.11 Å². The first kappa shape index (κ1) is 14.6. The number of benzene rings is 1. The van der Waals surface area contributed by atoms with Gasteiger partial charge in [0.15, 0.2) is 0 Å². The number of rotatable bonds is 3. The van der Waals surface area contributed by atoms with Gasteiger partial charge in [0.1, 0.15) is 5.75 Å². The van der Waals surface area contributed by atoms with Crippen molar-refractivity contribution >= 4 is 15.9 Å². The fourth-order valence-electron chi connectivity index (χ4n) is 1.37. The van der Waals surface area contributed by atoms with Crippen molar-refractivity contribution in [3.63, 3.8) is 0 Å². The molecule has 0 saturated carbocycles. The zero-order valence-corrected chi connectivity index (χ0v) is 11.7. The standard InChI is InChI=1S/C12H8BrF3N2O2/c1-19-10-9(13)6-17-11(18-10)20-8-4-2-3-7(5-8)12(14,15)16/h2-6H,1H3. The van der Waals surface area contributed by atoms with E-state index in [1.54, 1.807) is 0 Å². The van der Waals surface area contributed by atoms with Gasteiger partial charge in [-0.3, -0.25) is 0 Å². The summed E-state index contributed by atoms with van der Waals surface area (Å²) in [4.78, 5) is 7.73. The highest BCUT2D eigenvalue weighted by atomic mass is 79.9. The molecule has 0 saturated heterocycles. The molecule has 1 aromatic carbocycles. The Morgan fingerprint density at radius 1 is 1.25 bits per heavy atom. The molecule has 0 N–H and O–H groups in total. The summed E-state index contributed by atoms with van der Waals surface area (Å²) in [6.45, 7) is 0. The Morgan fingerprint density at radius 3 is 2.65 bits per heavy atom. The monoisotopic (exact) mass is 348 g/mol. The lowest BCUT2D eigenvalue weighted by Crippen LogP contribution is -2.04. The maximum absolute atomic E-state index is 12.6. The summed E-state index contributed by atoms with van der Waals surface area (Å²) >= 11 is 3.16. The average molecular weight is 349 g/mol. The Morgan fingerprint density at radius 2 is 2.00 bits per heavy atom. The minimum Gasteiger partial charge on any atom is -0.480 e. The molecule has 0 aliphatic carbocycles. The molecule has 1 heterocycles.